The summed E-state index contributed by atoms with van der Waals surface area (Å²) in [5.74, 6) is 2.65. The number of carbonyl (C=O) groups excluding carboxylic acids is 1. The van der Waals surface area contributed by atoms with Crippen LogP contribution < -0.4 is 4.74 Å². The van der Waals surface area contributed by atoms with Crippen molar-refractivity contribution >= 4 is 5.97 Å². The second-order valence-corrected chi connectivity index (χ2v) is 12.3. The fraction of sp³-hybridized carbons (Fsp3) is 0.457. The Bertz CT molecular complexity index is 1280. The van der Waals surface area contributed by atoms with Crippen molar-refractivity contribution in [3.63, 3.8) is 0 Å². The molecule has 5 atom stereocenters. The van der Waals surface area contributed by atoms with Crippen LogP contribution in [0.5, 0.6) is 5.75 Å². The van der Waals surface area contributed by atoms with Crippen LogP contribution >= 0.6 is 0 Å². The van der Waals surface area contributed by atoms with Crippen LogP contribution in [0.3, 0.4) is 0 Å². The van der Waals surface area contributed by atoms with E-state index in [1.807, 2.05) is 24.3 Å². The van der Waals surface area contributed by atoms with Crippen LogP contribution in [0.25, 0.3) is 0 Å². The lowest BCUT2D eigenvalue weighted by Crippen LogP contribution is -2.50. The number of nitrogens with zero attached hydrogens (tertiary/aromatic N) is 1. The molecule has 1 heterocycles. The molecule has 4 heteroatoms. The molecule has 0 spiro atoms. The zero-order valence-corrected chi connectivity index (χ0v) is 23.4. The van der Waals surface area contributed by atoms with Gasteiger partial charge in [-0.15, -0.1) is 0 Å². The van der Waals surface area contributed by atoms with Crippen molar-refractivity contribution in [2.75, 3.05) is 20.2 Å². The number of ether oxygens (including phenoxy) is 2. The third kappa shape index (κ3) is 5.49. The normalized spacial score (nSPS) is 29.0. The highest BCUT2D eigenvalue weighted by atomic mass is 16.5. The molecule has 3 aromatic carbocycles. The van der Waals surface area contributed by atoms with E-state index in [-0.39, 0.29) is 17.4 Å². The first-order valence-electron chi connectivity index (χ1n) is 14.7. The third-order valence-electron chi connectivity index (χ3n) is 9.82. The minimum absolute atomic E-state index is 0.0721. The molecule has 1 saturated heterocycles. The molecule has 39 heavy (non-hydrogen) atoms. The molecule has 0 amide bonds. The first kappa shape index (κ1) is 26.1. The predicted octanol–water partition coefficient (Wildman–Crippen LogP) is 6.82. The Labute approximate surface area is 233 Å². The molecule has 204 valence electrons. The van der Waals surface area contributed by atoms with E-state index in [0.29, 0.717) is 37.4 Å². The highest BCUT2D eigenvalue weighted by molar-refractivity contribution is 5.76. The van der Waals surface area contributed by atoms with Crippen molar-refractivity contribution in [2.24, 2.45) is 17.3 Å². The number of hydrogen-bond acceptors (Lipinski definition) is 4. The van der Waals surface area contributed by atoms with Gasteiger partial charge in [-0.05, 0) is 103 Å². The molecule has 2 aliphatic carbocycles. The molecule has 0 unspecified atom stereocenters. The predicted molar refractivity (Wildman–Crippen MR) is 155 cm³/mol. The van der Waals surface area contributed by atoms with Gasteiger partial charge in [-0.2, -0.15) is 0 Å². The molecular weight excluding hydrogens is 482 g/mol. The molecule has 1 aliphatic heterocycles. The average Bonchev–Trinajstić information content (AvgIpc) is 3.00. The summed E-state index contributed by atoms with van der Waals surface area (Å²) in [4.78, 5) is 15.5. The number of esters is 1. The van der Waals surface area contributed by atoms with E-state index in [2.05, 4.69) is 73.5 Å². The quantitative estimate of drug-likeness (QED) is 0.344. The molecule has 4 nitrogen and oxygen atoms in total. The van der Waals surface area contributed by atoms with Crippen molar-refractivity contribution in [3.05, 3.63) is 101 Å². The van der Waals surface area contributed by atoms with Gasteiger partial charge >= 0.3 is 5.97 Å². The lowest BCUT2D eigenvalue weighted by Gasteiger charge is -2.53. The Morgan fingerprint density at radius 2 is 1.69 bits per heavy atom. The first-order chi connectivity index (χ1) is 19.0. The van der Waals surface area contributed by atoms with Gasteiger partial charge in [0.1, 0.15) is 18.4 Å². The summed E-state index contributed by atoms with van der Waals surface area (Å²) in [7, 11) is 2.13. The van der Waals surface area contributed by atoms with Crippen LogP contribution in [-0.2, 0) is 29.0 Å². The molecule has 1 saturated carbocycles. The number of benzene rings is 3. The number of cyclic esters (lactones) is 1. The first-order valence-corrected chi connectivity index (χ1v) is 14.7. The molecule has 0 aromatic heterocycles. The Hall–Kier alpha value is -3.11. The lowest BCUT2D eigenvalue weighted by molar-refractivity contribution is -0.149. The van der Waals surface area contributed by atoms with Gasteiger partial charge in [-0.1, -0.05) is 73.7 Å². The molecule has 0 radical (unpaired) electrons. The Balaban J connectivity index is 1.18. The summed E-state index contributed by atoms with van der Waals surface area (Å²) in [6.07, 6.45) is 6.35. The van der Waals surface area contributed by atoms with Gasteiger partial charge in [-0.3, -0.25) is 9.69 Å². The summed E-state index contributed by atoms with van der Waals surface area (Å²) in [5, 5.41) is 0. The van der Waals surface area contributed by atoms with Crippen molar-refractivity contribution < 1.29 is 14.3 Å². The van der Waals surface area contributed by atoms with E-state index in [9.17, 15) is 4.79 Å². The van der Waals surface area contributed by atoms with E-state index in [1.165, 1.54) is 41.5 Å². The number of fused-ring (bicyclic) bond motifs is 5. The van der Waals surface area contributed by atoms with Gasteiger partial charge in [0.2, 0.25) is 0 Å². The molecule has 0 bridgehead atoms. The number of hydrogen-bond donors (Lipinski definition) is 0. The van der Waals surface area contributed by atoms with E-state index < -0.39 is 0 Å². The van der Waals surface area contributed by atoms with Crippen LogP contribution in [-0.4, -0.2) is 37.1 Å². The maximum absolute atomic E-state index is 13.2. The summed E-state index contributed by atoms with van der Waals surface area (Å²) in [6.45, 7) is 4.55. The zero-order chi connectivity index (χ0) is 26.8. The smallest absolute Gasteiger partial charge is 0.323 e. The van der Waals surface area contributed by atoms with E-state index in [0.717, 1.165) is 25.1 Å². The molecule has 2 fully saturated rings. The molecule has 0 N–H and O–H groups in total. The number of carbonyl (C=O) groups is 1. The summed E-state index contributed by atoms with van der Waals surface area (Å²) in [5.41, 5.74) is 5.54. The summed E-state index contributed by atoms with van der Waals surface area (Å²) in [6, 6.07) is 27.3. The van der Waals surface area contributed by atoms with Crippen LogP contribution in [0.4, 0.5) is 0 Å². The number of rotatable bonds is 5. The van der Waals surface area contributed by atoms with Crippen LogP contribution in [0.1, 0.15) is 60.8 Å². The molecule has 3 aromatic rings. The van der Waals surface area contributed by atoms with Gasteiger partial charge in [0.05, 0.1) is 6.61 Å². The van der Waals surface area contributed by atoms with E-state index >= 15 is 0 Å². The fourth-order valence-corrected chi connectivity index (χ4v) is 7.86. The lowest BCUT2D eigenvalue weighted by atomic mass is 9.53. The number of aryl methyl sites for hydroxylation is 1. The van der Waals surface area contributed by atoms with Gasteiger partial charge in [0.25, 0.3) is 0 Å². The van der Waals surface area contributed by atoms with E-state index in [1.54, 1.807) is 0 Å². The second kappa shape index (κ2) is 11.2. The van der Waals surface area contributed by atoms with Crippen molar-refractivity contribution in [2.45, 2.75) is 64.0 Å². The Morgan fingerprint density at radius 1 is 0.949 bits per heavy atom. The molecule has 3 aliphatic rings. The van der Waals surface area contributed by atoms with Gasteiger partial charge in [-0.25, -0.2) is 0 Å². The van der Waals surface area contributed by atoms with E-state index in [4.69, 9.17) is 9.47 Å². The average molecular weight is 524 g/mol. The highest BCUT2D eigenvalue weighted by Crippen LogP contribution is 2.56. The highest BCUT2D eigenvalue weighted by Gasteiger charge is 2.49. The third-order valence-corrected chi connectivity index (χ3v) is 9.82. The second-order valence-electron chi connectivity index (χ2n) is 12.3. The fourth-order valence-electron chi connectivity index (χ4n) is 7.86. The maximum atomic E-state index is 13.2. The van der Waals surface area contributed by atoms with Gasteiger partial charge in [0.15, 0.2) is 0 Å². The largest absolute Gasteiger partial charge is 0.489 e. The van der Waals surface area contributed by atoms with Crippen LogP contribution in [0.2, 0.25) is 0 Å². The number of likely N-dealkylation sites (N-methyl/N-ethyl adjacent to an activating group) is 1. The Kier molecular flexibility index (Phi) is 7.49. The van der Waals surface area contributed by atoms with Crippen LogP contribution in [0.15, 0.2) is 78.9 Å². The van der Waals surface area contributed by atoms with Gasteiger partial charge < -0.3 is 9.47 Å². The van der Waals surface area contributed by atoms with Crippen molar-refractivity contribution in [1.82, 2.24) is 4.90 Å². The maximum Gasteiger partial charge on any atom is 0.323 e. The minimum Gasteiger partial charge on any atom is -0.489 e. The zero-order valence-electron chi connectivity index (χ0n) is 23.4. The standard InChI is InChI=1S/C35H41NO3/c1-35-19-17-30-29-16-14-28(39-23-26-11-7-4-8-12-26)22-27(29)13-15-31(30)32(35)18-20-38-34(37)33(36(2)24-35)21-25-9-5-3-6-10-25/h3-12,14,16,22,30-33H,13,15,17-21,23-24H2,1-2H3/t30-,31-,32+,33+,35-/m1/s1. The van der Waals surface area contributed by atoms with Crippen LogP contribution in [0, 0.1) is 17.3 Å². The molecule has 6 rings (SSSR count). The van der Waals surface area contributed by atoms with Gasteiger partial charge in [0, 0.05) is 6.54 Å². The Morgan fingerprint density at radius 3 is 2.46 bits per heavy atom. The summed E-state index contributed by atoms with van der Waals surface area (Å²) < 4.78 is 12.1. The minimum atomic E-state index is -0.234. The molecular formula is C35H41NO3. The monoisotopic (exact) mass is 523 g/mol. The SMILES string of the molecule is CN1C[C@@]2(C)CC[C@@H]3c4ccc(OCc5ccccc5)cc4CC[C@H]3[C@@H]2CCOC(=O)[C@@H]1Cc1ccccc1. The van der Waals surface area contributed by atoms with Crippen molar-refractivity contribution in [1.29, 1.82) is 0 Å². The van der Waals surface area contributed by atoms with Crippen molar-refractivity contribution in [3.8, 4) is 5.75 Å². The summed E-state index contributed by atoms with van der Waals surface area (Å²) >= 11 is 0. The topological polar surface area (TPSA) is 38.8 Å².